The van der Waals surface area contributed by atoms with Crippen molar-refractivity contribution >= 4 is 17.9 Å². The Bertz CT molecular complexity index is 1270. The zero-order chi connectivity index (χ0) is 57.1. The number of allylic oxidation sites excluding steroid dienone is 4. The zero-order valence-corrected chi connectivity index (χ0v) is 53.7. The molecule has 0 N–H and O–H groups in total. The van der Waals surface area contributed by atoms with Crippen molar-refractivity contribution in [1.29, 1.82) is 0 Å². The van der Waals surface area contributed by atoms with Crippen molar-refractivity contribution in [1.82, 2.24) is 0 Å². The summed E-state index contributed by atoms with van der Waals surface area (Å²) in [6.45, 7) is 6.66. The molecule has 0 aliphatic rings. The monoisotopic (exact) mass is 1110 g/mol. The van der Waals surface area contributed by atoms with Crippen LogP contribution in [-0.4, -0.2) is 37.2 Å². The molecule has 0 rings (SSSR count). The van der Waals surface area contributed by atoms with Crippen molar-refractivity contribution in [2.45, 2.75) is 412 Å². The second kappa shape index (κ2) is 68.4. The SMILES string of the molecule is CCCC/C=C\CCCCCCCC(=O)OCC(COC(=O)CCCCCCCCCCCCCCCCCCCCCCCCCCCCCCCCC)OC(=O)CCCCCCCCCCC/C=C\CCCCCCCC. The van der Waals surface area contributed by atoms with Gasteiger partial charge in [-0.3, -0.25) is 14.4 Å². The molecule has 0 amide bonds. The van der Waals surface area contributed by atoms with Gasteiger partial charge in [0.15, 0.2) is 6.10 Å². The number of esters is 3. The lowest BCUT2D eigenvalue weighted by Crippen LogP contribution is -2.30. The smallest absolute Gasteiger partial charge is 0.306 e. The van der Waals surface area contributed by atoms with Crippen LogP contribution in [0.15, 0.2) is 24.3 Å². The normalized spacial score (nSPS) is 12.1. The third-order valence-corrected chi connectivity index (χ3v) is 16.4. The van der Waals surface area contributed by atoms with Crippen LogP contribution in [0.3, 0.4) is 0 Å². The molecular formula is C73H138O6. The standard InChI is InChI=1S/C73H138O6/c1-4-7-10-13-16-19-22-24-26-28-30-31-32-33-34-35-36-37-38-39-40-41-43-44-46-48-51-54-57-60-63-66-72(75)78-69-70(68-77-71(74)65-62-59-56-53-50-21-18-15-12-9-6-3)79-73(76)67-64-61-58-55-52-49-47-45-42-29-27-25-23-20-17-14-11-8-5-2/h15,18,25,27,70H,4-14,16-17,19-24,26,28-69H2,1-3H3/b18-15-,27-25-. The van der Waals surface area contributed by atoms with E-state index in [0.29, 0.717) is 19.3 Å². The summed E-state index contributed by atoms with van der Waals surface area (Å²) in [6, 6.07) is 0. The Labute approximate surface area is 493 Å². The number of hydrogen-bond donors (Lipinski definition) is 0. The van der Waals surface area contributed by atoms with Gasteiger partial charge in [0, 0.05) is 19.3 Å². The molecule has 0 heterocycles. The molecule has 0 spiro atoms. The number of ether oxygens (including phenoxy) is 3. The molecule has 0 saturated carbocycles. The van der Waals surface area contributed by atoms with Crippen LogP contribution >= 0.6 is 0 Å². The minimum Gasteiger partial charge on any atom is -0.462 e. The first-order valence-electron chi connectivity index (χ1n) is 35.8. The molecule has 6 heteroatoms. The Morgan fingerprint density at radius 1 is 0.241 bits per heavy atom. The van der Waals surface area contributed by atoms with Crippen LogP contribution in [0, 0.1) is 0 Å². The Balaban J connectivity index is 4.09. The van der Waals surface area contributed by atoms with Crippen LogP contribution in [0.25, 0.3) is 0 Å². The third-order valence-electron chi connectivity index (χ3n) is 16.4. The summed E-state index contributed by atoms with van der Waals surface area (Å²) < 4.78 is 16.9. The highest BCUT2D eigenvalue weighted by molar-refractivity contribution is 5.71. The van der Waals surface area contributed by atoms with E-state index in [9.17, 15) is 14.4 Å². The largest absolute Gasteiger partial charge is 0.462 e. The number of unbranched alkanes of at least 4 members (excludes halogenated alkanes) is 52. The highest BCUT2D eigenvalue weighted by Crippen LogP contribution is 2.19. The highest BCUT2D eigenvalue weighted by Gasteiger charge is 2.19. The van der Waals surface area contributed by atoms with E-state index in [4.69, 9.17) is 14.2 Å². The molecule has 0 fully saturated rings. The van der Waals surface area contributed by atoms with Gasteiger partial charge >= 0.3 is 17.9 Å². The summed E-state index contributed by atoms with van der Waals surface area (Å²) in [5.41, 5.74) is 0. The van der Waals surface area contributed by atoms with Crippen LogP contribution in [0.4, 0.5) is 0 Å². The van der Waals surface area contributed by atoms with Crippen LogP contribution in [0.5, 0.6) is 0 Å². The highest BCUT2D eigenvalue weighted by atomic mass is 16.6. The van der Waals surface area contributed by atoms with Gasteiger partial charge < -0.3 is 14.2 Å². The Morgan fingerprint density at radius 3 is 0.671 bits per heavy atom. The molecule has 0 aliphatic carbocycles. The minimum atomic E-state index is -0.773. The third kappa shape index (κ3) is 66.6. The molecule has 0 radical (unpaired) electrons. The average Bonchev–Trinajstić information content (AvgIpc) is 3.45. The summed E-state index contributed by atoms with van der Waals surface area (Å²) in [5, 5.41) is 0. The van der Waals surface area contributed by atoms with Gasteiger partial charge in [0.1, 0.15) is 13.2 Å². The van der Waals surface area contributed by atoms with Gasteiger partial charge in [-0.25, -0.2) is 0 Å². The molecule has 0 aromatic heterocycles. The number of carbonyl (C=O) groups excluding carboxylic acids is 3. The first-order chi connectivity index (χ1) is 39.0. The molecular weight excluding hydrogens is 973 g/mol. The van der Waals surface area contributed by atoms with E-state index >= 15 is 0 Å². The first kappa shape index (κ1) is 76.9. The van der Waals surface area contributed by atoms with Crippen molar-refractivity contribution < 1.29 is 28.6 Å². The van der Waals surface area contributed by atoms with Crippen LogP contribution in [0.1, 0.15) is 406 Å². The van der Waals surface area contributed by atoms with E-state index in [0.717, 1.165) is 64.2 Å². The molecule has 1 atom stereocenters. The molecule has 1 unspecified atom stereocenters. The maximum absolute atomic E-state index is 12.9. The quantitative estimate of drug-likeness (QED) is 0.0261. The summed E-state index contributed by atoms with van der Waals surface area (Å²) in [5.74, 6) is -0.854. The number of carbonyl (C=O) groups is 3. The van der Waals surface area contributed by atoms with Gasteiger partial charge in [-0.2, -0.15) is 0 Å². The maximum Gasteiger partial charge on any atom is 0.306 e. The Hall–Kier alpha value is -2.11. The van der Waals surface area contributed by atoms with Crippen molar-refractivity contribution in [3.8, 4) is 0 Å². The Kier molecular flexibility index (Phi) is 66.6. The zero-order valence-electron chi connectivity index (χ0n) is 53.7. The second-order valence-electron chi connectivity index (χ2n) is 24.5. The lowest BCUT2D eigenvalue weighted by atomic mass is 10.0. The van der Waals surface area contributed by atoms with E-state index in [1.165, 1.54) is 302 Å². The second-order valence-corrected chi connectivity index (χ2v) is 24.5. The van der Waals surface area contributed by atoms with E-state index in [1.54, 1.807) is 0 Å². The van der Waals surface area contributed by atoms with Crippen molar-refractivity contribution in [2.24, 2.45) is 0 Å². The fourth-order valence-electron chi connectivity index (χ4n) is 11.0. The maximum atomic E-state index is 12.9. The van der Waals surface area contributed by atoms with Gasteiger partial charge in [-0.05, 0) is 64.2 Å². The Morgan fingerprint density at radius 2 is 0.430 bits per heavy atom. The number of hydrogen-bond acceptors (Lipinski definition) is 6. The summed E-state index contributed by atoms with van der Waals surface area (Å²) in [4.78, 5) is 38.3. The van der Waals surface area contributed by atoms with E-state index < -0.39 is 6.10 Å². The van der Waals surface area contributed by atoms with Crippen molar-refractivity contribution in [2.75, 3.05) is 13.2 Å². The lowest BCUT2D eigenvalue weighted by molar-refractivity contribution is -0.167. The van der Waals surface area contributed by atoms with Gasteiger partial charge in [0.05, 0.1) is 0 Å². The van der Waals surface area contributed by atoms with Crippen LogP contribution < -0.4 is 0 Å². The topological polar surface area (TPSA) is 78.9 Å². The molecule has 6 nitrogen and oxygen atoms in total. The van der Waals surface area contributed by atoms with Gasteiger partial charge in [-0.15, -0.1) is 0 Å². The van der Waals surface area contributed by atoms with Crippen LogP contribution in [-0.2, 0) is 28.6 Å². The molecule has 466 valence electrons. The fourth-order valence-corrected chi connectivity index (χ4v) is 11.0. The summed E-state index contributed by atoms with van der Waals surface area (Å²) >= 11 is 0. The van der Waals surface area contributed by atoms with E-state index in [2.05, 4.69) is 45.1 Å². The molecule has 0 bridgehead atoms. The van der Waals surface area contributed by atoms with Crippen LogP contribution in [0.2, 0.25) is 0 Å². The van der Waals surface area contributed by atoms with E-state index in [1.807, 2.05) is 0 Å². The predicted octanol–water partition coefficient (Wildman–Crippen LogP) is 24.6. The fraction of sp³-hybridized carbons (Fsp3) is 0.904. The average molecular weight is 1110 g/mol. The summed E-state index contributed by atoms with van der Waals surface area (Å²) in [7, 11) is 0. The first-order valence-corrected chi connectivity index (χ1v) is 35.8. The molecule has 0 aromatic carbocycles. The van der Waals surface area contributed by atoms with Gasteiger partial charge in [0.2, 0.25) is 0 Å². The molecule has 0 saturated heterocycles. The molecule has 0 aliphatic heterocycles. The van der Waals surface area contributed by atoms with Crippen molar-refractivity contribution in [3.05, 3.63) is 24.3 Å². The van der Waals surface area contributed by atoms with E-state index in [-0.39, 0.29) is 31.1 Å². The van der Waals surface area contributed by atoms with Gasteiger partial charge in [-0.1, -0.05) is 347 Å². The lowest BCUT2D eigenvalue weighted by Gasteiger charge is -2.18. The predicted molar refractivity (Wildman–Crippen MR) is 344 cm³/mol. The molecule has 79 heavy (non-hydrogen) atoms. The summed E-state index contributed by atoms with van der Waals surface area (Å²) in [6.07, 6.45) is 83.8. The van der Waals surface area contributed by atoms with Gasteiger partial charge in [0.25, 0.3) is 0 Å². The minimum absolute atomic E-state index is 0.0696. The molecule has 0 aromatic rings. The van der Waals surface area contributed by atoms with Crippen molar-refractivity contribution in [3.63, 3.8) is 0 Å². The number of rotatable bonds is 67.